The third-order valence-electron chi connectivity index (χ3n) is 4.81. The van der Waals surface area contributed by atoms with E-state index in [0.717, 1.165) is 29.8 Å². The largest absolute Gasteiger partial charge is 0.503 e. The molecule has 0 unspecified atom stereocenters. The quantitative estimate of drug-likeness (QED) is 0.775. The van der Waals surface area contributed by atoms with Gasteiger partial charge in [-0.1, -0.05) is 6.07 Å². The van der Waals surface area contributed by atoms with Crippen LogP contribution in [0.2, 0.25) is 0 Å². The number of ether oxygens (including phenoxy) is 1. The van der Waals surface area contributed by atoms with Gasteiger partial charge in [-0.05, 0) is 19.4 Å². The molecule has 1 saturated heterocycles. The SMILES string of the molecule is [2H]C1([2H])O[C@H]2Cn3cc(C(=O)NCc4ccc(F)cc4F)c(=O)c(O)c3C(=O)N2[C@]([2H])(C)C1([2H])[2H]. The average Bonchev–Trinajstić information content (AvgIpc) is 2.73. The van der Waals surface area contributed by atoms with Gasteiger partial charge in [-0.3, -0.25) is 14.4 Å². The summed E-state index contributed by atoms with van der Waals surface area (Å²) in [5, 5.41) is 12.7. The highest BCUT2D eigenvalue weighted by Gasteiger charge is 2.41. The second-order valence-electron chi connectivity index (χ2n) is 6.70. The van der Waals surface area contributed by atoms with Gasteiger partial charge < -0.3 is 24.6 Å². The number of fused-ring (bicyclic) bond motifs is 2. The Kier molecular flexibility index (Phi) is 3.68. The van der Waals surface area contributed by atoms with Gasteiger partial charge >= 0.3 is 0 Å². The van der Waals surface area contributed by atoms with Gasteiger partial charge in [0.1, 0.15) is 17.2 Å². The number of nitrogens with zero attached hydrogens (tertiary/aromatic N) is 2. The van der Waals surface area contributed by atoms with Gasteiger partial charge in [-0.2, -0.15) is 0 Å². The number of amides is 2. The number of nitrogens with one attached hydrogen (secondary N) is 1. The Labute approximate surface area is 176 Å². The van der Waals surface area contributed by atoms with Crippen LogP contribution in [0.1, 0.15) is 46.6 Å². The lowest BCUT2D eigenvalue weighted by Gasteiger charge is -2.44. The smallest absolute Gasteiger partial charge is 0.276 e. The fourth-order valence-corrected chi connectivity index (χ4v) is 3.30. The summed E-state index contributed by atoms with van der Waals surface area (Å²) in [6, 6.07) is 0.205. The monoisotopic (exact) mass is 424 g/mol. The molecule has 2 aromatic rings. The van der Waals surface area contributed by atoms with Gasteiger partial charge in [0.25, 0.3) is 11.8 Å². The maximum Gasteiger partial charge on any atom is 0.276 e. The second kappa shape index (κ2) is 7.52. The lowest BCUT2D eigenvalue weighted by atomic mass is 10.1. The molecular weight excluding hydrogens is 400 g/mol. The topological polar surface area (TPSA) is 101 Å². The zero-order valence-electron chi connectivity index (χ0n) is 20.5. The second-order valence-corrected chi connectivity index (χ2v) is 6.70. The maximum absolute atomic E-state index is 13.8. The predicted molar refractivity (Wildman–Crippen MR) is 99.9 cm³/mol. The van der Waals surface area contributed by atoms with E-state index >= 15 is 0 Å². The van der Waals surface area contributed by atoms with E-state index in [-0.39, 0.29) is 5.56 Å². The molecule has 1 fully saturated rings. The van der Waals surface area contributed by atoms with Gasteiger partial charge in [0, 0.05) is 33.1 Å². The molecule has 10 heteroatoms. The van der Waals surface area contributed by atoms with Crippen molar-refractivity contribution in [3.8, 4) is 5.75 Å². The number of rotatable bonds is 3. The molecule has 2 N–H and O–H groups in total. The first kappa shape index (κ1) is 14.7. The van der Waals surface area contributed by atoms with Crippen molar-refractivity contribution >= 4 is 11.8 Å². The zero-order chi connectivity index (χ0) is 26.1. The Morgan fingerprint density at radius 2 is 2.20 bits per heavy atom. The molecule has 2 aliphatic rings. The minimum absolute atomic E-state index is 0.0744. The van der Waals surface area contributed by atoms with Crippen molar-refractivity contribution in [2.24, 2.45) is 0 Å². The normalized spacial score (nSPS) is 28.8. The highest BCUT2D eigenvalue weighted by molar-refractivity contribution is 5.99. The number of aromatic nitrogens is 1. The van der Waals surface area contributed by atoms with Crippen LogP contribution in [0.25, 0.3) is 0 Å². The minimum Gasteiger partial charge on any atom is -0.503 e. The van der Waals surface area contributed by atoms with E-state index in [2.05, 4.69) is 5.32 Å². The molecule has 3 heterocycles. The summed E-state index contributed by atoms with van der Waals surface area (Å²) < 4.78 is 73.2. The summed E-state index contributed by atoms with van der Waals surface area (Å²) in [7, 11) is 0. The predicted octanol–water partition coefficient (Wildman–Crippen LogP) is 1.35. The van der Waals surface area contributed by atoms with E-state index in [1.165, 1.54) is 0 Å². The molecule has 0 aliphatic carbocycles. The third kappa shape index (κ3) is 3.32. The van der Waals surface area contributed by atoms with Crippen LogP contribution in [-0.2, 0) is 17.8 Å². The molecule has 4 rings (SSSR count). The van der Waals surface area contributed by atoms with E-state index in [1.54, 1.807) is 0 Å². The Hall–Kier alpha value is -3.27. The first-order chi connectivity index (χ1) is 16.1. The maximum atomic E-state index is 13.8. The molecule has 30 heavy (non-hydrogen) atoms. The summed E-state index contributed by atoms with van der Waals surface area (Å²) in [4.78, 5) is 39.0. The van der Waals surface area contributed by atoms with Crippen molar-refractivity contribution < 1.29 is 35.1 Å². The van der Waals surface area contributed by atoms with Gasteiger partial charge in [0.05, 0.1) is 17.2 Å². The number of benzene rings is 1. The van der Waals surface area contributed by atoms with Crippen molar-refractivity contribution in [3.63, 3.8) is 0 Å². The number of halogens is 2. The summed E-state index contributed by atoms with van der Waals surface area (Å²) in [5.41, 5.74) is -2.58. The summed E-state index contributed by atoms with van der Waals surface area (Å²) in [5.74, 6) is -5.10. The van der Waals surface area contributed by atoms with Crippen molar-refractivity contribution in [2.75, 3.05) is 6.56 Å². The van der Waals surface area contributed by atoms with Crippen LogP contribution in [0, 0.1) is 11.6 Å². The van der Waals surface area contributed by atoms with E-state index < -0.39 is 84.2 Å². The molecule has 2 amide bonds. The Morgan fingerprint density at radius 3 is 2.93 bits per heavy atom. The van der Waals surface area contributed by atoms with Crippen LogP contribution in [0.5, 0.6) is 5.75 Å². The minimum atomic E-state index is -2.99. The molecule has 1 aromatic heterocycles. The van der Waals surface area contributed by atoms with Crippen LogP contribution in [-0.4, -0.2) is 45.2 Å². The van der Waals surface area contributed by atoms with Gasteiger partial charge in [0.15, 0.2) is 17.7 Å². The summed E-state index contributed by atoms with van der Waals surface area (Å²) >= 11 is 0. The number of carbonyl (C=O) groups excluding carboxylic acids is 2. The van der Waals surface area contributed by atoms with E-state index in [1.807, 2.05) is 0 Å². The van der Waals surface area contributed by atoms with Crippen LogP contribution in [0.3, 0.4) is 0 Å². The molecule has 8 nitrogen and oxygen atoms in total. The first-order valence-electron chi connectivity index (χ1n) is 11.3. The van der Waals surface area contributed by atoms with Gasteiger partial charge in [-0.15, -0.1) is 0 Å². The van der Waals surface area contributed by atoms with Gasteiger partial charge in [-0.25, -0.2) is 8.78 Å². The average molecular weight is 424 g/mol. The molecule has 2 atom stereocenters. The Balaban J connectivity index is 1.70. The third-order valence-corrected chi connectivity index (χ3v) is 4.81. The van der Waals surface area contributed by atoms with E-state index in [4.69, 9.17) is 11.6 Å². The number of pyridine rings is 1. The van der Waals surface area contributed by atoms with Crippen molar-refractivity contribution in [2.45, 2.75) is 38.6 Å². The fourth-order valence-electron chi connectivity index (χ4n) is 3.30. The molecule has 0 spiro atoms. The van der Waals surface area contributed by atoms with Crippen molar-refractivity contribution in [1.29, 1.82) is 0 Å². The Bertz CT molecular complexity index is 1320. The molecule has 2 aliphatic heterocycles. The van der Waals surface area contributed by atoms with Crippen LogP contribution >= 0.6 is 0 Å². The molecule has 158 valence electrons. The highest BCUT2D eigenvalue weighted by atomic mass is 19.1. The first-order valence-corrected chi connectivity index (χ1v) is 8.80. The fraction of sp³-hybridized carbons (Fsp3) is 0.350. The molecule has 1 aromatic carbocycles. The lowest BCUT2D eigenvalue weighted by Crippen LogP contribution is -2.57. The van der Waals surface area contributed by atoms with E-state index in [0.29, 0.717) is 11.0 Å². The Morgan fingerprint density at radius 1 is 1.43 bits per heavy atom. The van der Waals surface area contributed by atoms with Crippen molar-refractivity contribution in [1.82, 2.24) is 14.8 Å². The highest BCUT2D eigenvalue weighted by Crippen LogP contribution is 2.29. The number of aromatic hydroxyl groups is 1. The summed E-state index contributed by atoms with van der Waals surface area (Å²) in [6.07, 6.45) is -3.56. The molecule has 0 radical (unpaired) electrons. The summed E-state index contributed by atoms with van der Waals surface area (Å²) in [6.45, 7) is -2.86. The van der Waals surface area contributed by atoms with Crippen molar-refractivity contribution in [3.05, 3.63) is 63.1 Å². The standard InChI is InChI=1S/C20H19F2N3O5/c1-10-4-5-30-15-9-24-8-13(17(26)18(27)16(24)20(29)25(10)15)19(28)23-7-11-2-3-12(21)6-14(11)22/h2-3,6,8,10,15,27H,4-5,7,9H2,1H3,(H,23,28)/t10-,15+/m1/s1/i4D2,5D2,10D. The lowest BCUT2D eigenvalue weighted by molar-refractivity contribution is -0.112. The van der Waals surface area contributed by atoms with Gasteiger partial charge in [0.2, 0.25) is 5.43 Å². The van der Waals surface area contributed by atoms with Crippen LogP contribution < -0.4 is 10.7 Å². The molecule has 0 saturated carbocycles. The number of carbonyl (C=O) groups is 2. The van der Waals surface area contributed by atoms with E-state index in [9.17, 15) is 28.3 Å². The zero-order valence-corrected chi connectivity index (χ0v) is 15.5. The number of hydrogen-bond acceptors (Lipinski definition) is 5. The number of hydrogen-bond donors (Lipinski definition) is 2. The van der Waals surface area contributed by atoms with Crippen LogP contribution in [0.15, 0.2) is 29.2 Å². The molecule has 0 bridgehead atoms. The molecular formula is C20H19F2N3O5. The van der Waals surface area contributed by atoms with Crippen LogP contribution in [0.4, 0.5) is 8.78 Å².